The number of quaternary nitrogens is 2. The van der Waals surface area contributed by atoms with E-state index in [1.54, 1.807) is 30.3 Å². The van der Waals surface area contributed by atoms with Gasteiger partial charge < -0.3 is 15.1 Å². The first-order chi connectivity index (χ1) is 14.3. The molecule has 2 aromatic carbocycles. The molecule has 1 aliphatic heterocycles. The number of nitrogens with zero attached hydrogens (tertiary/aromatic N) is 1. The topological polar surface area (TPSA) is 61.8 Å². The summed E-state index contributed by atoms with van der Waals surface area (Å²) in [5.41, 5.74) is 1.14. The maximum Gasteiger partial charge on any atom is 0.416 e. The number of halogens is 3. The zero-order chi connectivity index (χ0) is 21.7. The highest BCUT2D eigenvalue weighted by Crippen LogP contribution is 2.29. The van der Waals surface area contributed by atoms with Gasteiger partial charge in [-0.1, -0.05) is 18.2 Å². The van der Waals surface area contributed by atoms with E-state index in [2.05, 4.69) is 5.32 Å². The van der Waals surface area contributed by atoms with Crippen LogP contribution in [0.5, 0.6) is 0 Å². The molecule has 3 N–H and O–H groups in total. The van der Waals surface area contributed by atoms with Gasteiger partial charge in [-0.05, 0) is 37.3 Å². The van der Waals surface area contributed by atoms with Gasteiger partial charge >= 0.3 is 6.18 Å². The Morgan fingerprint density at radius 1 is 1.13 bits per heavy atom. The molecule has 1 amide bonds. The number of nitriles is 1. The average molecular weight is 418 g/mol. The fourth-order valence-corrected chi connectivity index (χ4v) is 3.78. The van der Waals surface area contributed by atoms with E-state index >= 15 is 0 Å². The van der Waals surface area contributed by atoms with Crippen LogP contribution < -0.4 is 15.1 Å². The molecule has 1 fully saturated rings. The van der Waals surface area contributed by atoms with Gasteiger partial charge in [0.1, 0.15) is 32.7 Å². The standard InChI is InChI=1S/C22H23F3N4O/c1-16(21(30)27-20-7-3-4-17(13-20)14-26)29-10-8-28(9-11-29)15-18-5-2-6-19(12-18)22(23,24)25/h2-7,12-13,16H,8-11,15H2,1H3,(H,27,30)/p+2/t16-/m1/s1. The summed E-state index contributed by atoms with van der Waals surface area (Å²) in [6.45, 7) is 5.51. The Morgan fingerprint density at radius 3 is 2.50 bits per heavy atom. The van der Waals surface area contributed by atoms with Crippen molar-refractivity contribution in [2.75, 3.05) is 31.5 Å². The number of nitrogens with one attached hydrogen (secondary N) is 3. The molecule has 0 aromatic heterocycles. The Labute approximate surface area is 173 Å². The molecule has 1 saturated heterocycles. The first kappa shape index (κ1) is 21.8. The Hall–Kier alpha value is -2.89. The van der Waals surface area contributed by atoms with E-state index in [4.69, 9.17) is 5.26 Å². The number of amides is 1. The number of hydrogen-bond donors (Lipinski definition) is 3. The monoisotopic (exact) mass is 418 g/mol. The molecule has 0 unspecified atom stereocenters. The van der Waals surface area contributed by atoms with Crippen LogP contribution in [0.25, 0.3) is 0 Å². The molecule has 0 aliphatic carbocycles. The maximum absolute atomic E-state index is 12.9. The lowest BCUT2D eigenvalue weighted by Crippen LogP contribution is -3.29. The van der Waals surface area contributed by atoms with Crippen LogP contribution >= 0.6 is 0 Å². The summed E-state index contributed by atoms with van der Waals surface area (Å²) in [6, 6.07) is 14.1. The van der Waals surface area contributed by atoms with E-state index in [9.17, 15) is 18.0 Å². The zero-order valence-corrected chi connectivity index (χ0v) is 16.7. The SMILES string of the molecule is C[C@H](C(=O)Nc1cccc(C#N)c1)[NH+]1CC[NH+](Cc2cccc(C(F)(F)F)c2)CC1. The molecule has 8 heteroatoms. The Balaban J connectivity index is 1.52. The van der Waals surface area contributed by atoms with Gasteiger partial charge in [0.15, 0.2) is 6.04 Å². The van der Waals surface area contributed by atoms with Crippen molar-refractivity contribution in [2.45, 2.75) is 25.7 Å². The van der Waals surface area contributed by atoms with Crippen LogP contribution in [0, 0.1) is 11.3 Å². The van der Waals surface area contributed by atoms with E-state index in [0.717, 1.165) is 37.1 Å². The molecule has 1 atom stereocenters. The van der Waals surface area contributed by atoms with E-state index in [1.807, 2.05) is 13.0 Å². The first-order valence-electron chi connectivity index (χ1n) is 9.91. The Bertz CT molecular complexity index is 930. The number of alkyl halides is 3. The highest BCUT2D eigenvalue weighted by Gasteiger charge is 2.33. The third-order valence-electron chi connectivity index (χ3n) is 5.57. The predicted molar refractivity (Wildman–Crippen MR) is 106 cm³/mol. The van der Waals surface area contributed by atoms with Crippen LogP contribution in [0.4, 0.5) is 18.9 Å². The van der Waals surface area contributed by atoms with Gasteiger partial charge in [-0.3, -0.25) is 4.79 Å². The van der Waals surface area contributed by atoms with E-state index < -0.39 is 11.7 Å². The van der Waals surface area contributed by atoms with Crippen molar-refractivity contribution in [3.63, 3.8) is 0 Å². The summed E-state index contributed by atoms with van der Waals surface area (Å²) in [5.74, 6) is -0.110. The van der Waals surface area contributed by atoms with Crippen molar-refractivity contribution >= 4 is 11.6 Å². The van der Waals surface area contributed by atoms with Gasteiger partial charge in [0.25, 0.3) is 5.91 Å². The number of benzene rings is 2. The van der Waals surface area contributed by atoms with Crippen LogP contribution in [-0.2, 0) is 17.5 Å². The zero-order valence-electron chi connectivity index (χ0n) is 16.7. The Morgan fingerprint density at radius 2 is 1.83 bits per heavy atom. The summed E-state index contributed by atoms with van der Waals surface area (Å²) in [7, 11) is 0. The lowest BCUT2D eigenvalue weighted by Gasteiger charge is -2.32. The second-order valence-electron chi connectivity index (χ2n) is 7.69. The average Bonchev–Trinajstić information content (AvgIpc) is 2.73. The molecule has 0 saturated carbocycles. The fourth-order valence-electron chi connectivity index (χ4n) is 3.78. The molecule has 158 valence electrons. The summed E-state index contributed by atoms with van der Waals surface area (Å²) >= 11 is 0. The quantitative estimate of drug-likeness (QED) is 0.676. The molecule has 1 heterocycles. The molecule has 0 bridgehead atoms. The van der Waals surface area contributed by atoms with Gasteiger partial charge in [-0.15, -0.1) is 0 Å². The van der Waals surface area contributed by atoms with Gasteiger partial charge in [-0.2, -0.15) is 18.4 Å². The second kappa shape index (κ2) is 9.28. The molecule has 5 nitrogen and oxygen atoms in total. The van der Waals surface area contributed by atoms with Crippen LogP contribution in [-0.4, -0.2) is 38.1 Å². The van der Waals surface area contributed by atoms with Crippen LogP contribution in [0.3, 0.4) is 0 Å². The molecule has 0 spiro atoms. The predicted octanol–water partition coefficient (Wildman–Crippen LogP) is 0.888. The maximum atomic E-state index is 12.9. The van der Waals surface area contributed by atoms with Gasteiger partial charge in [-0.25, -0.2) is 0 Å². The highest BCUT2D eigenvalue weighted by molar-refractivity contribution is 5.93. The molecule has 1 aliphatic rings. The van der Waals surface area contributed by atoms with Crippen molar-refractivity contribution in [3.8, 4) is 6.07 Å². The largest absolute Gasteiger partial charge is 0.416 e. The van der Waals surface area contributed by atoms with E-state index in [-0.39, 0.29) is 11.9 Å². The number of anilines is 1. The minimum Gasteiger partial charge on any atom is -0.322 e. The molecule has 3 rings (SSSR count). The number of rotatable bonds is 5. The summed E-state index contributed by atoms with van der Waals surface area (Å²) in [4.78, 5) is 15.0. The van der Waals surface area contributed by atoms with Crippen LogP contribution in [0.1, 0.15) is 23.6 Å². The third-order valence-corrected chi connectivity index (χ3v) is 5.57. The number of carbonyl (C=O) groups excluding carboxylic acids is 1. The van der Waals surface area contributed by atoms with Crippen molar-refractivity contribution < 1.29 is 27.8 Å². The third kappa shape index (κ3) is 5.59. The smallest absolute Gasteiger partial charge is 0.322 e. The van der Waals surface area contributed by atoms with Gasteiger partial charge in [0, 0.05) is 11.3 Å². The highest BCUT2D eigenvalue weighted by atomic mass is 19.4. The molecular formula is C22H25F3N4O+2. The van der Waals surface area contributed by atoms with Crippen molar-refractivity contribution in [3.05, 3.63) is 65.2 Å². The molecule has 2 aromatic rings. The van der Waals surface area contributed by atoms with Gasteiger partial charge in [0.2, 0.25) is 0 Å². The minimum atomic E-state index is -4.33. The second-order valence-corrected chi connectivity index (χ2v) is 7.69. The van der Waals surface area contributed by atoms with Gasteiger partial charge in [0.05, 0.1) is 17.2 Å². The van der Waals surface area contributed by atoms with Crippen molar-refractivity contribution in [1.29, 1.82) is 5.26 Å². The summed E-state index contributed by atoms with van der Waals surface area (Å²) in [6.07, 6.45) is -4.33. The van der Waals surface area contributed by atoms with Crippen molar-refractivity contribution in [2.24, 2.45) is 0 Å². The molecule has 30 heavy (non-hydrogen) atoms. The molecule has 0 radical (unpaired) electrons. The summed E-state index contributed by atoms with van der Waals surface area (Å²) < 4.78 is 38.7. The normalized spacial score (nSPS) is 20.2. The lowest BCUT2D eigenvalue weighted by molar-refractivity contribution is -1.02. The first-order valence-corrected chi connectivity index (χ1v) is 9.91. The van der Waals surface area contributed by atoms with Crippen LogP contribution in [0.2, 0.25) is 0 Å². The number of hydrogen-bond acceptors (Lipinski definition) is 2. The van der Waals surface area contributed by atoms with Crippen LogP contribution in [0.15, 0.2) is 48.5 Å². The lowest BCUT2D eigenvalue weighted by atomic mass is 10.1. The minimum absolute atomic E-state index is 0.110. The number of piperazine rings is 1. The van der Waals surface area contributed by atoms with E-state index in [1.165, 1.54) is 17.0 Å². The van der Waals surface area contributed by atoms with E-state index in [0.29, 0.717) is 23.4 Å². The molecular weight excluding hydrogens is 393 g/mol. The van der Waals surface area contributed by atoms with Crippen molar-refractivity contribution in [1.82, 2.24) is 0 Å². The summed E-state index contributed by atoms with van der Waals surface area (Å²) in [5, 5.41) is 11.8. The Kier molecular flexibility index (Phi) is 6.75. The fraction of sp³-hybridized carbons (Fsp3) is 0.364. The number of carbonyl (C=O) groups is 1.